The van der Waals surface area contributed by atoms with Gasteiger partial charge in [0.15, 0.2) is 28.0 Å². The third-order valence-corrected chi connectivity index (χ3v) is 9.23. The van der Waals surface area contributed by atoms with Crippen molar-refractivity contribution in [3.8, 4) is 21.9 Å². The van der Waals surface area contributed by atoms with Crippen LogP contribution in [0.3, 0.4) is 0 Å². The summed E-state index contributed by atoms with van der Waals surface area (Å²) in [7, 11) is -2.11. The quantitative estimate of drug-likeness (QED) is 0.246. The Balaban J connectivity index is 1.64. The van der Waals surface area contributed by atoms with Crippen LogP contribution in [0.2, 0.25) is 0 Å². The maximum Gasteiger partial charge on any atom is 0.331 e. The topological polar surface area (TPSA) is 73.9 Å². The van der Waals surface area contributed by atoms with Crippen molar-refractivity contribution in [3.63, 3.8) is 0 Å². The minimum Gasteiger partial charge on any atom is -0.458 e. The van der Waals surface area contributed by atoms with Crippen molar-refractivity contribution in [3.05, 3.63) is 66.2 Å². The summed E-state index contributed by atoms with van der Waals surface area (Å²) in [4.78, 5) is 14.5. The number of hydrogen-bond acceptors (Lipinski definition) is 6. The Bertz CT molecular complexity index is 1250. The number of thiol groups is 1. The van der Waals surface area contributed by atoms with Gasteiger partial charge in [0.1, 0.15) is 5.60 Å². The number of hydrogen-bond donors (Lipinski definition) is 1. The maximum atomic E-state index is 13.6. The molecular formula is C27H32NO5S2+. The molecule has 4 rings (SSSR count). The van der Waals surface area contributed by atoms with Crippen molar-refractivity contribution in [1.29, 1.82) is 0 Å². The number of carbonyl (C=O) groups is 1. The van der Waals surface area contributed by atoms with Gasteiger partial charge in [-0.05, 0) is 63.1 Å². The first-order valence-corrected chi connectivity index (χ1v) is 13.5. The molecule has 0 saturated heterocycles. The fourth-order valence-electron chi connectivity index (χ4n) is 3.86. The molecular weight excluding hydrogens is 482 g/mol. The Hall–Kier alpha value is -2.68. The highest BCUT2D eigenvalue weighted by Gasteiger charge is 2.54. The normalized spacial score (nSPS) is 15.9. The molecule has 35 heavy (non-hydrogen) atoms. The average Bonchev–Trinajstić information content (AvgIpc) is 3.47. The van der Waals surface area contributed by atoms with Crippen LogP contribution in [0.1, 0.15) is 47.1 Å². The Labute approximate surface area is 213 Å². The zero-order chi connectivity index (χ0) is 25.4. The van der Waals surface area contributed by atoms with Crippen LogP contribution in [0.25, 0.3) is 10.4 Å². The van der Waals surface area contributed by atoms with Crippen LogP contribution >= 0.6 is 11.3 Å². The van der Waals surface area contributed by atoms with Gasteiger partial charge >= 0.3 is 5.97 Å². The van der Waals surface area contributed by atoms with Gasteiger partial charge in [-0.15, -0.1) is 4.72 Å². The number of benzene rings is 2. The number of carbonyl (C=O) groups excluding carboxylic acids is 1. The summed E-state index contributed by atoms with van der Waals surface area (Å²) in [6.07, 6.45) is 0. The second-order valence-corrected chi connectivity index (χ2v) is 12.9. The van der Waals surface area contributed by atoms with Crippen molar-refractivity contribution in [2.24, 2.45) is 0 Å². The smallest absolute Gasteiger partial charge is 0.331 e. The fraction of sp³-hybridized carbons (Fsp3) is 0.370. The maximum absolute atomic E-state index is 13.6. The Morgan fingerprint density at radius 2 is 1.63 bits per heavy atom. The van der Waals surface area contributed by atoms with E-state index < -0.39 is 33.5 Å². The van der Waals surface area contributed by atoms with Gasteiger partial charge in [0.05, 0.1) is 0 Å². The highest BCUT2D eigenvalue weighted by Crippen LogP contribution is 2.40. The molecule has 1 aromatic heterocycles. The minimum atomic E-state index is -2.11. The van der Waals surface area contributed by atoms with E-state index >= 15 is 0 Å². The van der Waals surface area contributed by atoms with Gasteiger partial charge in [0, 0.05) is 16.4 Å². The lowest BCUT2D eigenvalue weighted by Crippen LogP contribution is -2.63. The van der Waals surface area contributed by atoms with E-state index in [1.54, 1.807) is 6.92 Å². The van der Waals surface area contributed by atoms with E-state index in [4.69, 9.17) is 14.2 Å². The number of ether oxygens (including phenoxy) is 3. The van der Waals surface area contributed by atoms with Crippen molar-refractivity contribution < 1.29 is 23.2 Å². The summed E-state index contributed by atoms with van der Waals surface area (Å²) in [5.41, 5.74) is -0.782. The number of fused-ring (bicyclic) bond motifs is 1. The molecule has 2 heterocycles. The molecule has 0 saturated carbocycles. The van der Waals surface area contributed by atoms with E-state index in [0.29, 0.717) is 9.96 Å². The first kappa shape index (κ1) is 25.4. The molecule has 0 spiro atoms. The molecule has 1 unspecified atom stereocenters. The number of esters is 1. The van der Waals surface area contributed by atoms with Gasteiger partial charge in [0.25, 0.3) is 0 Å². The molecule has 0 bridgehead atoms. The molecule has 0 amide bonds. The lowest BCUT2D eigenvalue weighted by Gasteiger charge is -2.41. The van der Waals surface area contributed by atoms with Crippen LogP contribution in [0, 0.1) is 0 Å². The van der Waals surface area contributed by atoms with Gasteiger partial charge < -0.3 is 14.2 Å². The first-order chi connectivity index (χ1) is 16.4. The van der Waals surface area contributed by atoms with Crippen molar-refractivity contribution in [2.75, 3.05) is 6.79 Å². The van der Waals surface area contributed by atoms with Crippen molar-refractivity contribution >= 4 is 28.3 Å². The number of nitrogens with one attached hydrogen (secondary N) is 1. The lowest BCUT2D eigenvalue weighted by molar-refractivity contribution is -0.164. The molecule has 6 nitrogen and oxygen atoms in total. The molecule has 0 aliphatic carbocycles. The fourth-order valence-corrected chi connectivity index (χ4v) is 6.47. The van der Waals surface area contributed by atoms with Crippen LogP contribution < -0.4 is 14.2 Å². The SMILES string of the molecule is CC(C)(C)OC(=O)[C@@](C)(N[SH+](=O)c1ccc(-c2ccc3c(c2)OCO3)s1)C(C)(C)c1ccccc1. The molecule has 0 fully saturated rings. The Morgan fingerprint density at radius 3 is 2.31 bits per heavy atom. The molecule has 186 valence electrons. The predicted molar refractivity (Wildman–Crippen MR) is 140 cm³/mol. The van der Waals surface area contributed by atoms with E-state index in [1.807, 2.05) is 95.3 Å². The van der Waals surface area contributed by atoms with Crippen LogP contribution in [0.15, 0.2) is 64.9 Å². The second-order valence-electron chi connectivity index (χ2n) is 10.2. The van der Waals surface area contributed by atoms with Gasteiger partial charge in [-0.25, -0.2) is 4.79 Å². The minimum absolute atomic E-state index is 0.213. The van der Waals surface area contributed by atoms with Crippen LogP contribution in [0.4, 0.5) is 0 Å². The first-order valence-electron chi connectivity index (χ1n) is 11.4. The summed E-state index contributed by atoms with van der Waals surface area (Å²) in [5, 5.41) is 0. The van der Waals surface area contributed by atoms with Crippen molar-refractivity contribution in [2.45, 2.75) is 62.3 Å². The van der Waals surface area contributed by atoms with E-state index in [-0.39, 0.29) is 6.79 Å². The molecule has 2 atom stereocenters. The molecule has 0 radical (unpaired) electrons. The molecule has 2 aromatic carbocycles. The summed E-state index contributed by atoms with van der Waals surface area (Å²) in [5.74, 6) is 0.964. The van der Waals surface area contributed by atoms with E-state index in [1.165, 1.54) is 11.3 Å². The average molecular weight is 515 g/mol. The zero-order valence-electron chi connectivity index (χ0n) is 20.9. The molecule has 1 N–H and O–H groups in total. The Kier molecular flexibility index (Phi) is 6.83. The zero-order valence-corrected chi connectivity index (χ0v) is 22.6. The molecule has 1 aliphatic heterocycles. The molecule has 8 heteroatoms. The highest BCUT2D eigenvalue weighted by molar-refractivity contribution is 7.85. The molecule has 3 aromatic rings. The third-order valence-electron chi connectivity index (χ3n) is 6.33. The van der Waals surface area contributed by atoms with Crippen LogP contribution in [-0.2, 0) is 30.1 Å². The predicted octanol–water partition coefficient (Wildman–Crippen LogP) is 5.78. The summed E-state index contributed by atoms with van der Waals surface area (Å²) in [6, 6.07) is 19.3. The largest absolute Gasteiger partial charge is 0.458 e. The van der Waals surface area contributed by atoms with E-state index in [9.17, 15) is 9.00 Å². The number of thiophene rings is 1. The van der Waals surface area contributed by atoms with E-state index in [0.717, 1.165) is 21.8 Å². The summed E-state index contributed by atoms with van der Waals surface area (Å²) < 4.78 is 34.2. The van der Waals surface area contributed by atoms with Crippen LogP contribution in [-0.4, -0.2) is 23.9 Å². The van der Waals surface area contributed by atoms with Gasteiger partial charge in [0.2, 0.25) is 11.0 Å². The lowest BCUT2D eigenvalue weighted by atomic mass is 9.69. The van der Waals surface area contributed by atoms with Gasteiger partial charge in [-0.2, -0.15) is 0 Å². The van der Waals surface area contributed by atoms with Crippen LogP contribution in [0.5, 0.6) is 11.5 Å². The number of rotatable bonds is 7. The second kappa shape index (κ2) is 9.41. The Morgan fingerprint density at radius 1 is 0.943 bits per heavy atom. The van der Waals surface area contributed by atoms with Gasteiger partial charge in [-0.1, -0.05) is 59.7 Å². The summed E-state index contributed by atoms with van der Waals surface area (Å²) >= 11 is 1.42. The standard InChI is InChI=1S/C27H31NO5S2/c1-25(2,3)33-24(29)27(6,26(4,5)19-10-8-7-9-11-19)28-35(30)23-15-14-22(34-23)18-12-13-20-21(16-18)32-17-31-20/h7-16H,17H2,1-6H3,(H,28,30)/p+1/t27-,35?/m1/s1. The third kappa shape index (κ3) is 5.15. The van der Waals surface area contributed by atoms with E-state index in [2.05, 4.69) is 4.72 Å². The molecule has 1 aliphatic rings. The van der Waals surface area contributed by atoms with Gasteiger partial charge in [-0.3, -0.25) is 0 Å². The highest BCUT2D eigenvalue weighted by atomic mass is 32.2. The monoisotopic (exact) mass is 514 g/mol. The van der Waals surface area contributed by atoms with Crippen molar-refractivity contribution in [1.82, 2.24) is 4.72 Å². The summed E-state index contributed by atoms with van der Waals surface area (Å²) in [6.45, 7) is 11.4.